The summed E-state index contributed by atoms with van der Waals surface area (Å²) in [6.45, 7) is 2.36. The number of carbonyl (C=O) groups excluding carboxylic acids is 1. The number of nitrogens with one attached hydrogen (secondary N) is 2. The maximum absolute atomic E-state index is 11.6. The number of aromatic amines is 1. The fraction of sp³-hybridized carbons (Fsp3) is 0.167. The first-order valence-electron chi connectivity index (χ1n) is 5.10. The van der Waals surface area contributed by atoms with Gasteiger partial charge in [0.15, 0.2) is 0 Å². The van der Waals surface area contributed by atoms with Gasteiger partial charge in [-0.25, -0.2) is 0 Å². The van der Waals surface area contributed by atoms with Crippen LogP contribution in [0.2, 0.25) is 0 Å². The lowest BCUT2D eigenvalue weighted by Crippen LogP contribution is -2.23. The lowest BCUT2D eigenvalue weighted by atomic mass is 10.2. The van der Waals surface area contributed by atoms with Crippen LogP contribution >= 0.6 is 0 Å². The van der Waals surface area contributed by atoms with Crippen LogP contribution in [0.3, 0.4) is 0 Å². The minimum atomic E-state index is -0.135. The van der Waals surface area contributed by atoms with E-state index in [1.165, 1.54) is 0 Å². The Hall–Kier alpha value is -2.10. The molecule has 0 atom stereocenters. The summed E-state index contributed by atoms with van der Waals surface area (Å²) in [6.07, 6.45) is 0. The molecule has 1 aromatic carbocycles. The van der Waals surface area contributed by atoms with Crippen molar-refractivity contribution in [3.8, 4) is 0 Å². The molecule has 0 radical (unpaired) electrons. The molecule has 1 amide bonds. The van der Waals surface area contributed by atoms with Crippen LogP contribution in [0.15, 0.2) is 36.4 Å². The van der Waals surface area contributed by atoms with Gasteiger partial charge in [-0.05, 0) is 18.6 Å². The van der Waals surface area contributed by atoms with E-state index in [-0.39, 0.29) is 5.91 Å². The summed E-state index contributed by atoms with van der Waals surface area (Å²) in [7, 11) is 0. The number of amides is 1. The number of rotatable bonds is 3. The SMILES string of the molecule is Cc1cc(C(=O)NCc2ccccc2)[nH]n1. The quantitative estimate of drug-likeness (QED) is 0.817. The highest BCUT2D eigenvalue weighted by Crippen LogP contribution is 2.00. The summed E-state index contributed by atoms with van der Waals surface area (Å²) in [5, 5.41) is 9.40. The molecule has 2 N–H and O–H groups in total. The summed E-state index contributed by atoms with van der Waals surface area (Å²) >= 11 is 0. The van der Waals surface area contributed by atoms with Crippen LogP contribution in [0.4, 0.5) is 0 Å². The van der Waals surface area contributed by atoms with Gasteiger partial charge in [-0.2, -0.15) is 5.10 Å². The predicted molar refractivity (Wildman–Crippen MR) is 60.9 cm³/mol. The molecule has 0 bridgehead atoms. The van der Waals surface area contributed by atoms with Crippen molar-refractivity contribution >= 4 is 5.91 Å². The number of H-pyrrole nitrogens is 1. The second-order valence-corrected chi connectivity index (χ2v) is 3.59. The molecule has 4 nitrogen and oxygen atoms in total. The molecule has 1 aromatic heterocycles. The molecule has 0 aliphatic rings. The molecule has 0 unspecified atom stereocenters. The second kappa shape index (κ2) is 4.61. The van der Waals surface area contributed by atoms with Gasteiger partial charge < -0.3 is 5.32 Å². The Kier molecular flexibility index (Phi) is 3.00. The largest absolute Gasteiger partial charge is 0.347 e. The van der Waals surface area contributed by atoms with Crippen molar-refractivity contribution in [2.45, 2.75) is 13.5 Å². The van der Waals surface area contributed by atoms with Crippen molar-refractivity contribution in [2.24, 2.45) is 0 Å². The highest BCUT2D eigenvalue weighted by atomic mass is 16.1. The van der Waals surface area contributed by atoms with Crippen molar-refractivity contribution in [2.75, 3.05) is 0 Å². The number of aromatic nitrogens is 2. The number of nitrogens with zero attached hydrogens (tertiary/aromatic N) is 1. The van der Waals surface area contributed by atoms with Gasteiger partial charge in [0, 0.05) is 6.54 Å². The summed E-state index contributed by atoms with van der Waals surface area (Å²) in [4.78, 5) is 11.6. The first kappa shape index (κ1) is 10.4. The number of hydrogen-bond donors (Lipinski definition) is 2. The summed E-state index contributed by atoms with van der Waals surface area (Å²) in [5.41, 5.74) is 2.38. The molecule has 1 heterocycles. The third kappa shape index (κ3) is 2.48. The Morgan fingerprint density at radius 3 is 2.75 bits per heavy atom. The summed E-state index contributed by atoms with van der Waals surface area (Å²) in [5.74, 6) is -0.135. The summed E-state index contributed by atoms with van der Waals surface area (Å²) < 4.78 is 0. The van der Waals surface area contributed by atoms with Gasteiger partial charge in [-0.15, -0.1) is 0 Å². The number of hydrogen-bond acceptors (Lipinski definition) is 2. The molecule has 0 saturated heterocycles. The van der Waals surface area contributed by atoms with Crippen LogP contribution in [0.5, 0.6) is 0 Å². The zero-order valence-corrected chi connectivity index (χ0v) is 9.03. The normalized spacial score (nSPS) is 10.1. The fourth-order valence-electron chi connectivity index (χ4n) is 1.41. The molecule has 0 aliphatic carbocycles. The van der Waals surface area contributed by atoms with Gasteiger partial charge in [0.25, 0.3) is 5.91 Å². The van der Waals surface area contributed by atoms with Crippen molar-refractivity contribution in [3.63, 3.8) is 0 Å². The number of carbonyl (C=O) groups is 1. The van der Waals surface area contributed by atoms with E-state index in [2.05, 4.69) is 15.5 Å². The minimum absolute atomic E-state index is 0.135. The van der Waals surface area contributed by atoms with E-state index in [4.69, 9.17) is 0 Å². The Morgan fingerprint density at radius 1 is 1.38 bits per heavy atom. The number of benzene rings is 1. The Labute approximate surface area is 93.7 Å². The van der Waals surface area contributed by atoms with Gasteiger partial charge in [0.05, 0.1) is 5.69 Å². The van der Waals surface area contributed by atoms with Gasteiger partial charge in [-0.1, -0.05) is 30.3 Å². The molecule has 0 fully saturated rings. The first-order chi connectivity index (χ1) is 7.75. The highest BCUT2D eigenvalue weighted by molar-refractivity contribution is 5.92. The van der Waals surface area contributed by atoms with Crippen molar-refractivity contribution in [1.82, 2.24) is 15.5 Å². The van der Waals surface area contributed by atoms with Crippen LogP contribution < -0.4 is 5.32 Å². The van der Waals surface area contributed by atoms with E-state index in [1.807, 2.05) is 37.3 Å². The maximum Gasteiger partial charge on any atom is 0.269 e. The van der Waals surface area contributed by atoms with E-state index >= 15 is 0 Å². The maximum atomic E-state index is 11.6. The van der Waals surface area contributed by atoms with Crippen LogP contribution in [-0.4, -0.2) is 16.1 Å². The molecular weight excluding hydrogens is 202 g/mol. The molecule has 0 spiro atoms. The lowest BCUT2D eigenvalue weighted by molar-refractivity contribution is 0.0946. The lowest BCUT2D eigenvalue weighted by Gasteiger charge is -2.02. The van der Waals surface area contributed by atoms with E-state index in [1.54, 1.807) is 6.07 Å². The first-order valence-corrected chi connectivity index (χ1v) is 5.10. The minimum Gasteiger partial charge on any atom is -0.347 e. The van der Waals surface area contributed by atoms with Crippen LogP contribution in [0.25, 0.3) is 0 Å². The molecule has 0 aliphatic heterocycles. The Balaban J connectivity index is 1.94. The fourth-order valence-corrected chi connectivity index (χ4v) is 1.41. The number of aryl methyl sites for hydroxylation is 1. The van der Waals surface area contributed by atoms with E-state index < -0.39 is 0 Å². The molecule has 16 heavy (non-hydrogen) atoms. The zero-order chi connectivity index (χ0) is 11.4. The third-order valence-electron chi connectivity index (χ3n) is 2.25. The smallest absolute Gasteiger partial charge is 0.269 e. The Morgan fingerprint density at radius 2 is 2.12 bits per heavy atom. The van der Waals surface area contributed by atoms with Crippen molar-refractivity contribution in [1.29, 1.82) is 0 Å². The zero-order valence-electron chi connectivity index (χ0n) is 9.03. The molecular formula is C12H13N3O. The summed E-state index contributed by atoms with van der Waals surface area (Å²) in [6, 6.07) is 11.5. The average molecular weight is 215 g/mol. The van der Waals surface area contributed by atoms with Crippen molar-refractivity contribution in [3.05, 3.63) is 53.3 Å². The molecule has 0 saturated carbocycles. The second-order valence-electron chi connectivity index (χ2n) is 3.59. The van der Waals surface area contributed by atoms with Crippen LogP contribution in [0.1, 0.15) is 21.7 Å². The van der Waals surface area contributed by atoms with E-state index in [0.717, 1.165) is 11.3 Å². The van der Waals surface area contributed by atoms with Gasteiger partial charge in [0.2, 0.25) is 0 Å². The van der Waals surface area contributed by atoms with Crippen LogP contribution in [0, 0.1) is 6.92 Å². The predicted octanol–water partition coefficient (Wildman–Crippen LogP) is 1.65. The van der Waals surface area contributed by atoms with Gasteiger partial charge in [-0.3, -0.25) is 9.89 Å². The third-order valence-corrected chi connectivity index (χ3v) is 2.25. The van der Waals surface area contributed by atoms with E-state index in [0.29, 0.717) is 12.2 Å². The topological polar surface area (TPSA) is 57.8 Å². The molecule has 2 aromatic rings. The molecule has 2 rings (SSSR count). The van der Waals surface area contributed by atoms with Crippen LogP contribution in [-0.2, 0) is 6.54 Å². The Bertz CT molecular complexity index is 476. The van der Waals surface area contributed by atoms with Crippen molar-refractivity contribution < 1.29 is 4.79 Å². The van der Waals surface area contributed by atoms with Gasteiger partial charge in [0.1, 0.15) is 5.69 Å². The van der Waals surface area contributed by atoms with Gasteiger partial charge >= 0.3 is 0 Å². The monoisotopic (exact) mass is 215 g/mol. The average Bonchev–Trinajstić information content (AvgIpc) is 2.74. The molecule has 82 valence electrons. The standard InChI is InChI=1S/C12H13N3O/c1-9-7-11(15-14-9)12(16)13-8-10-5-3-2-4-6-10/h2-7H,8H2,1H3,(H,13,16)(H,14,15). The molecule has 4 heteroatoms. The highest BCUT2D eigenvalue weighted by Gasteiger charge is 2.07. The van der Waals surface area contributed by atoms with E-state index in [9.17, 15) is 4.79 Å².